The summed E-state index contributed by atoms with van der Waals surface area (Å²) in [6, 6.07) is 10.1. The Morgan fingerprint density at radius 2 is 1.66 bits per heavy atom. The third-order valence-corrected chi connectivity index (χ3v) is 6.48. The summed E-state index contributed by atoms with van der Waals surface area (Å²) in [4.78, 5) is 13.1. The Morgan fingerprint density at radius 1 is 1.03 bits per heavy atom. The van der Waals surface area contributed by atoms with Gasteiger partial charge in [0.1, 0.15) is 6.61 Å². The Bertz CT molecular complexity index is 954. The molecule has 2 aromatic rings. The van der Waals surface area contributed by atoms with E-state index in [2.05, 4.69) is 0 Å². The number of benzene rings is 2. The van der Waals surface area contributed by atoms with Crippen LogP contribution < -0.4 is 4.31 Å². The number of aliphatic hydroxyl groups excluding tert-OH is 1. The van der Waals surface area contributed by atoms with Crippen molar-refractivity contribution in [2.24, 2.45) is 0 Å². The van der Waals surface area contributed by atoms with E-state index >= 15 is 0 Å². The van der Waals surface area contributed by atoms with Crippen molar-refractivity contribution in [2.45, 2.75) is 4.90 Å². The number of sulfonamides is 1. The highest BCUT2D eigenvalue weighted by Gasteiger charge is 2.27. The molecule has 0 atom stereocenters. The summed E-state index contributed by atoms with van der Waals surface area (Å²) in [5.41, 5.74) is 0.147. The number of likely N-dealkylation sites (N-methyl/N-ethyl adjacent to an activating group) is 1. The molecule has 1 amide bonds. The third kappa shape index (κ3) is 6.13. The van der Waals surface area contributed by atoms with Crippen LogP contribution in [-0.4, -0.2) is 57.9 Å². The Balaban J connectivity index is 2.33. The van der Waals surface area contributed by atoms with Gasteiger partial charge in [0.05, 0.1) is 28.8 Å². The number of hydrogen-bond donors (Lipinski definition) is 1. The molecule has 0 fully saturated rings. The number of rotatable bonds is 8. The van der Waals surface area contributed by atoms with Crippen molar-refractivity contribution >= 4 is 56.6 Å². The zero-order valence-electron chi connectivity index (χ0n) is 15.4. The second kappa shape index (κ2) is 10.4. The summed E-state index contributed by atoms with van der Waals surface area (Å²) in [5, 5.41) is 9.72. The summed E-state index contributed by atoms with van der Waals surface area (Å²) >= 11 is 18.1. The highest BCUT2D eigenvalue weighted by atomic mass is 35.5. The number of ether oxygens (including phenoxy) is 1. The molecule has 1 N–H and O–H groups in total. The highest BCUT2D eigenvalue weighted by molar-refractivity contribution is 7.92. The lowest BCUT2D eigenvalue weighted by molar-refractivity contribution is 0.106. The molecule has 0 unspecified atom stereocenters. The minimum Gasteiger partial charge on any atom is -0.447 e. The largest absolute Gasteiger partial charge is 0.447 e. The molecule has 0 spiro atoms. The standard InChI is InChI=1S/C18H19Cl3N2O5S/c1-22(8-10-24)18(25)28-11-9-23(17-12-14(20)4-7-16(17)21)29(26,27)15-5-2-13(19)3-6-15/h2-7,12,24H,8-11H2,1H3. The summed E-state index contributed by atoms with van der Waals surface area (Å²) in [6.07, 6.45) is -0.694. The van der Waals surface area contributed by atoms with Crippen molar-refractivity contribution in [3.63, 3.8) is 0 Å². The Morgan fingerprint density at radius 3 is 2.28 bits per heavy atom. The maximum absolute atomic E-state index is 13.2. The molecule has 0 bridgehead atoms. The lowest BCUT2D eigenvalue weighted by atomic mass is 10.3. The molecule has 2 rings (SSSR count). The van der Waals surface area contributed by atoms with E-state index in [0.717, 1.165) is 4.31 Å². The van der Waals surface area contributed by atoms with Gasteiger partial charge in [-0.2, -0.15) is 0 Å². The first-order valence-corrected chi connectivity index (χ1v) is 11.0. The van der Waals surface area contributed by atoms with E-state index < -0.39 is 16.1 Å². The van der Waals surface area contributed by atoms with E-state index in [1.165, 1.54) is 54.4 Å². The molecule has 29 heavy (non-hydrogen) atoms. The minimum absolute atomic E-state index is 0.0123. The van der Waals surface area contributed by atoms with Gasteiger partial charge in [0, 0.05) is 23.6 Å². The van der Waals surface area contributed by atoms with Crippen LogP contribution in [0, 0.1) is 0 Å². The number of halogens is 3. The van der Waals surface area contributed by atoms with Crippen LogP contribution in [0.15, 0.2) is 47.4 Å². The molecule has 7 nitrogen and oxygen atoms in total. The second-order valence-corrected chi connectivity index (χ2v) is 9.03. The van der Waals surface area contributed by atoms with Gasteiger partial charge in [-0.3, -0.25) is 4.31 Å². The van der Waals surface area contributed by atoms with Gasteiger partial charge in [-0.15, -0.1) is 0 Å². The van der Waals surface area contributed by atoms with Gasteiger partial charge < -0.3 is 14.7 Å². The molecular formula is C18H19Cl3N2O5S. The third-order valence-electron chi connectivity index (χ3n) is 3.85. The van der Waals surface area contributed by atoms with E-state index in [1.54, 1.807) is 0 Å². The highest BCUT2D eigenvalue weighted by Crippen LogP contribution is 2.33. The molecule has 0 aliphatic carbocycles. The zero-order valence-corrected chi connectivity index (χ0v) is 18.5. The van der Waals surface area contributed by atoms with E-state index in [4.69, 9.17) is 44.6 Å². The van der Waals surface area contributed by atoms with Crippen LogP contribution in [0.25, 0.3) is 0 Å². The van der Waals surface area contributed by atoms with Gasteiger partial charge in [0.15, 0.2) is 0 Å². The number of aliphatic hydroxyl groups is 1. The van der Waals surface area contributed by atoms with Gasteiger partial charge in [-0.25, -0.2) is 13.2 Å². The minimum atomic E-state index is -4.05. The van der Waals surface area contributed by atoms with Crippen LogP contribution in [0.4, 0.5) is 10.5 Å². The van der Waals surface area contributed by atoms with E-state index in [9.17, 15) is 13.2 Å². The van der Waals surface area contributed by atoms with Crippen molar-refractivity contribution in [2.75, 3.05) is 37.7 Å². The van der Waals surface area contributed by atoms with Gasteiger partial charge in [0.2, 0.25) is 0 Å². The number of hydrogen-bond acceptors (Lipinski definition) is 5. The van der Waals surface area contributed by atoms with Gasteiger partial charge in [0.25, 0.3) is 10.0 Å². The fourth-order valence-corrected chi connectivity index (χ4v) is 4.37. The van der Waals surface area contributed by atoms with E-state index in [0.29, 0.717) is 10.0 Å². The number of amides is 1. The first kappa shape index (κ1) is 23.6. The van der Waals surface area contributed by atoms with Crippen molar-refractivity contribution in [3.05, 3.63) is 57.5 Å². The summed E-state index contributed by atoms with van der Waals surface area (Å²) in [6.45, 7) is -0.583. The molecule has 158 valence electrons. The Hall–Kier alpha value is -1.71. The predicted molar refractivity (Wildman–Crippen MR) is 114 cm³/mol. The Labute approximate surface area is 184 Å². The maximum atomic E-state index is 13.2. The van der Waals surface area contributed by atoms with Crippen LogP contribution in [0.5, 0.6) is 0 Å². The summed E-state index contributed by atoms with van der Waals surface area (Å²) in [5.74, 6) is 0. The molecule has 11 heteroatoms. The predicted octanol–water partition coefficient (Wildman–Crippen LogP) is 3.90. The van der Waals surface area contributed by atoms with E-state index in [1.807, 2.05) is 0 Å². The van der Waals surface area contributed by atoms with Crippen molar-refractivity contribution in [1.29, 1.82) is 0 Å². The molecule has 0 aromatic heterocycles. The van der Waals surface area contributed by atoms with Gasteiger partial charge in [-0.1, -0.05) is 34.8 Å². The van der Waals surface area contributed by atoms with Crippen molar-refractivity contribution < 1.29 is 23.1 Å². The normalized spacial score (nSPS) is 11.2. The van der Waals surface area contributed by atoms with Crippen LogP contribution in [-0.2, 0) is 14.8 Å². The average molecular weight is 482 g/mol. The zero-order chi connectivity index (χ0) is 21.6. The molecule has 0 aliphatic rings. The van der Waals surface area contributed by atoms with Crippen LogP contribution in [0.3, 0.4) is 0 Å². The van der Waals surface area contributed by atoms with Crippen LogP contribution in [0.1, 0.15) is 0 Å². The second-order valence-electron chi connectivity index (χ2n) is 5.89. The lowest BCUT2D eigenvalue weighted by Gasteiger charge is -2.26. The lowest BCUT2D eigenvalue weighted by Crippen LogP contribution is -2.36. The summed E-state index contributed by atoms with van der Waals surface area (Å²) < 4.78 is 32.6. The summed E-state index contributed by atoms with van der Waals surface area (Å²) in [7, 11) is -2.60. The fraction of sp³-hybridized carbons (Fsp3) is 0.278. The fourth-order valence-electron chi connectivity index (χ4n) is 2.35. The van der Waals surface area contributed by atoms with E-state index in [-0.39, 0.29) is 41.9 Å². The van der Waals surface area contributed by atoms with Crippen molar-refractivity contribution in [1.82, 2.24) is 4.90 Å². The number of nitrogens with zero attached hydrogens (tertiary/aromatic N) is 2. The molecule has 0 heterocycles. The first-order chi connectivity index (χ1) is 13.7. The van der Waals surface area contributed by atoms with Gasteiger partial charge in [-0.05, 0) is 42.5 Å². The number of carbonyl (C=O) groups excluding carboxylic acids is 1. The Kier molecular flexibility index (Phi) is 8.42. The number of carbonyl (C=O) groups is 1. The quantitative estimate of drug-likeness (QED) is 0.618. The SMILES string of the molecule is CN(CCO)C(=O)OCCN(c1cc(Cl)ccc1Cl)S(=O)(=O)c1ccc(Cl)cc1. The monoisotopic (exact) mass is 480 g/mol. The molecule has 0 radical (unpaired) electrons. The van der Waals surface area contributed by atoms with Crippen LogP contribution >= 0.6 is 34.8 Å². The van der Waals surface area contributed by atoms with Gasteiger partial charge >= 0.3 is 6.09 Å². The molecule has 0 saturated heterocycles. The topological polar surface area (TPSA) is 87.2 Å². The molecular weight excluding hydrogens is 463 g/mol. The number of anilines is 1. The molecule has 2 aromatic carbocycles. The molecule has 0 saturated carbocycles. The smallest absolute Gasteiger partial charge is 0.409 e. The maximum Gasteiger partial charge on any atom is 0.409 e. The van der Waals surface area contributed by atoms with Crippen molar-refractivity contribution in [3.8, 4) is 0 Å². The van der Waals surface area contributed by atoms with Crippen LogP contribution in [0.2, 0.25) is 15.1 Å². The molecule has 0 aliphatic heterocycles. The average Bonchev–Trinajstić information content (AvgIpc) is 2.67. The first-order valence-electron chi connectivity index (χ1n) is 8.39.